The molecule has 0 heterocycles. The number of carbonyl (C=O) groups excluding carboxylic acids is 1. The normalized spacial score (nSPS) is 11.5. The third-order valence-corrected chi connectivity index (χ3v) is 1.94. The molecule has 0 bridgehead atoms. The highest BCUT2D eigenvalue weighted by molar-refractivity contribution is 5.70. The van der Waals surface area contributed by atoms with E-state index in [4.69, 9.17) is 9.84 Å². The van der Waals surface area contributed by atoms with Crippen LogP contribution >= 0.6 is 0 Å². The van der Waals surface area contributed by atoms with Gasteiger partial charge < -0.3 is 15.2 Å². The molecule has 0 aliphatic carbocycles. The van der Waals surface area contributed by atoms with Gasteiger partial charge in [0.15, 0.2) is 0 Å². The lowest BCUT2D eigenvalue weighted by molar-refractivity contribution is -0.154. The van der Waals surface area contributed by atoms with E-state index in [1.54, 1.807) is 0 Å². The van der Waals surface area contributed by atoms with E-state index in [1.165, 1.54) is 0 Å². The minimum atomic E-state index is -0.391. The van der Waals surface area contributed by atoms with Gasteiger partial charge in [0, 0.05) is 13.2 Å². The van der Waals surface area contributed by atoms with Crippen molar-refractivity contribution in [2.45, 2.75) is 52.1 Å². The second-order valence-electron chi connectivity index (χ2n) is 4.87. The van der Waals surface area contributed by atoms with E-state index >= 15 is 0 Å². The smallest absolute Gasteiger partial charge is 0.307 e. The van der Waals surface area contributed by atoms with E-state index in [0.29, 0.717) is 13.0 Å². The van der Waals surface area contributed by atoms with Crippen molar-refractivity contribution in [2.75, 3.05) is 19.7 Å². The van der Waals surface area contributed by atoms with Crippen LogP contribution in [0.1, 0.15) is 46.5 Å². The Bertz CT molecular complexity index is 187. The lowest BCUT2D eigenvalue weighted by Gasteiger charge is -2.19. The molecule has 0 spiro atoms. The SMILES string of the molecule is CC(C)(C)OC(=O)CCNCCCCCO. The summed E-state index contributed by atoms with van der Waals surface area (Å²) in [4.78, 5) is 11.3. The molecule has 0 atom stereocenters. The Morgan fingerprint density at radius 1 is 1.19 bits per heavy atom. The third kappa shape index (κ3) is 11.5. The number of nitrogens with one attached hydrogen (secondary N) is 1. The monoisotopic (exact) mass is 231 g/mol. The average molecular weight is 231 g/mol. The standard InChI is InChI=1S/C12H25NO3/c1-12(2,3)16-11(15)7-9-13-8-5-4-6-10-14/h13-14H,4-10H2,1-3H3. The summed E-state index contributed by atoms with van der Waals surface area (Å²) >= 11 is 0. The van der Waals surface area contributed by atoms with Crippen LogP contribution in [0.3, 0.4) is 0 Å². The van der Waals surface area contributed by atoms with Crippen LogP contribution in [0.5, 0.6) is 0 Å². The van der Waals surface area contributed by atoms with Crippen LogP contribution in [0.15, 0.2) is 0 Å². The van der Waals surface area contributed by atoms with Gasteiger partial charge in [0.05, 0.1) is 6.42 Å². The highest BCUT2D eigenvalue weighted by atomic mass is 16.6. The van der Waals surface area contributed by atoms with Gasteiger partial charge in [0.2, 0.25) is 0 Å². The summed E-state index contributed by atoms with van der Waals surface area (Å²) in [6.45, 7) is 7.42. The lowest BCUT2D eigenvalue weighted by Crippen LogP contribution is -2.27. The molecular formula is C12H25NO3. The topological polar surface area (TPSA) is 58.6 Å². The summed E-state index contributed by atoms with van der Waals surface area (Å²) in [5.41, 5.74) is -0.391. The molecule has 0 saturated heterocycles. The number of hydrogen-bond acceptors (Lipinski definition) is 4. The van der Waals surface area contributed by atoms with Crippen molar-refractivity contribution in [3.8, 4) is 0 Å². The summed E-state index contributed by atoms with van der Waals surface area (Å²) in [7, 11) is 0. The maximum atomic E-state index is 11.3. The number of carbonyl (C=O) groups is 1. The molecule has 96 valence electrons. The van der Waals surface area contributed by atoms with E-state index in [2.05, 4.69) is 5.32 Å². The molecule has 4 nitrogen and oxygen atoms in total. The number of aliphatic hydroxyl groups excluding tert-OH is 1. The van der Waals surface area contributed by atoms with Gasteiger partial charge in [-0.25, -0.2) is 0 Å². The molecule has 0 aromatic carbocycles. The molecular weight excluding hydrogens is 206 g/mol. The van der Waals surface area contributed by atoms with Crippen LogP contribution in [0.2, 0.25) is 0 Å². The van der Waals surface area contributed by atoms with Gasteiger partial charge in [-0.2, -0.15) is 0 Å². The van der Waals surface area contributed by atoms with Crippen LogP contribution < -0.4 is 5.32 Å². The molecule has 0 aromatic rings. The van der Waals surface area contributed by atoms with Gasteiger partial charge in [-0.3, -0.25) is 4.79 Å². The summed E-state index contributed by atoms with van der Waals surface area (Å²) in [6, 6.07) is 0. The average Bonchev–Trinajstić information content (AvgIpc) is 2.13. The molecule has 0 aromatic heterocycles. The number of aliphatic hydroxyl groups is 1. The van der Waals surface area contributed by atoms with E-state index in [1.807, 2.05) is 20.8 Å². The third-order valence-electron chi connectivity index (χ3n) is 1.94. The Kier molecular flexibility index (Phi) is 8.21. The fraction of sp³-hybridized carbons (Fsp3) is 0.917. The van der Waals surface area contributed by atoms with Gasteiger partial charge >= 0.3 is 5.97 Å². The number of esters is 1. The number of rotatable bonds is 8. The van der Waals surface area contributed by atoms with Gasteiger partial charge in [-0.15, -0.1) is 0 Å². The lowest BCUT2D eigenvalue weighted by atomic mass is 10.2. The Balaban J connectivity index is 3.28. The molecule has 0 rings (SSSR count). The molecule has 2 N–H and O–H groups in total. The Morgan fingerprint density at radius 2 is 1.88 bits per heavy atom. The van der Waals surface area contributed by atoms with Crippen molar-refractivity contribution in [1.82, 2.24) is 5.32 Å². The minimum absolute atomic E-state index is 0.157. The van der Waals surface area contributed by atoms with Crippen molar-refractivity contribution in [1.29, 1.82) is 0 Å². The zero-order valence-corrected chi connectivity index (χ0v) is 10.7. The predicted molar refractivity (Wildman–Crippen MR) is 64.3 cm³/mol. The molecule has 0 amide bonds. The van der Waals surface area contributed by atoms with Gasteiger partial charge in [0.25, 0.3) is 0 Å². The molecule has 0 aliphatic heterocycles. The van der Waals surface area contributed by atoms with Crippen molar-refractivity contribution >= 4 is 5.97 Å². The maximum absolute atomic E-state index is 11.3. The van der Waals surface area contributed by atoms with Crippen molar-refractivity contribution in [3.63, 3.8) is 0 Å². The Morgan fingerprint density at radius 3 is 2.44 bits per heavy atom. The molecule has 0 unspecified atom stereocenters. The predicted octanol–water partition coefficient (Wildman–Crippen LogP) is 1.47. The minimum Gasteiger partial charge on any atom is -0.460 e. The molecule has 0 fully saturated rings. The van der Waals surface area contributed by atoms with Gasteiger partial charge in [-0.1, -0.05) is 0 Å². The van der Waals surface area contributed by atoms with E-state index in [0.717, 1.165) is 25.8 Å². The molecule has 0 saturated carbocycles. The first-order valence-corrected chi connectivity index (χ1v) is 5.99. The first kappa shape index (κ1) is 15.4. The Labute approximate surface area is 98.4 Å². The number of ether oxygens (including phenoxy) is 1. The summed E-state index contributed by atoms with van der Waals surface area (Å²) < 4.78 is 5.17. The highest BCUT2D eigenvalue weighted by Gasteiger charge is 2.15. The van der Waals surface area contributed by atoms with E-state index < -0.39 is 5.60 Å². The molecule has 0 aliphatic rings. The molecule has 0 radical (unpaired) electrons. The first-order valence-electron chi connectivity index (χ1n) is 5.99. The van der Waals surface area contributed by atoms with Gasteiger partial charge in [-0.05, 0) is 46.6 Å². The van der Waals surface area contributed by atoms with Crippen LogP contribution in [0.25, 0.3) is 0 Å². The largest absolute Gasteiger partial charge is 0.460 e. The van der Waals surface area contributed by atoms with Gasteiger partial charge in [0.1, 0.15) is 5.60 Å². The Hall–Kier alpha value is -0.610. The van der Waals surface area contributed by atoms with Crippen LogP contribution in [-0.4, -0.2) is 36.4 Å². The second kappa shape index (κ2) is 8.53. The number of unbranched alkanes of at least 4 members (excludes halogenated alkanes) is 2. The van der Waals surface area contributed by atoms with Crippen molar-refractivity contribution in [3.05, 3.63) is 0 Å². The summed E-state index contributed by atoms with van der Waals surface area (Å²) in [5.74, 6) is -0.157. The van der Waals surface area contributed by atoms with Crippen molar-refractivity contribution in [2.24, 2.45) is 0 Å². The summed E-state index contributed by atoms with van der Waals surface area (Å²) in [6.07, 6.45) is 3.33. The van der Waals surface area contributed by atoms with Crippen LogP contribution in [-0.2, 0) is 9.53 Å². The quantitative estimate of drug-likeness (QED) is 0.490. The zero-order valence-electron chi connectivity index (χ0n) is 10.7. The molecule has 16 heavy (non-hydrogen) atoms. The maximum Gasteiger partial charge on any atom is 0.307 e. The summed E-state index contributed by atoms with van der Waals surface area (Å²) in [5, 5.41) is 11.7. The fourth-order valence-electron chi connectivity index (χ4n) is 1.25. The first-order chi connectivity index (χ1) is 7.45. The van der Waals surface area contributed by atoms with E-state index in [-0.39, 0.29) is 12.6 Å². The highest BCUT2D eigenvalue weighted by Crippen LogP contribution is 2.07. The van der Waals surface area contributed by atoms with E-state index in [9.17, 15) is 4.79 Å². The van der Waals surface area contributed by atoms with Crippen molar-refractivity contribution < 1.29 is 14.6 Å². The number of hydrogen-bond donors (Lipinski definition) is 2. The van der Waals surface area contributed by atoms with Crippen LogP contribution in [0.4, 0.5) is 0 Å². The second-order valence-corrected chi connectivity index (χ2v) is 4.87. The zero-order chi connectivity index (χ0) is 12.4. The van der Waals surface area contributed by atoms with Crippen LogP contribution in [0, 0.1) is 0 Å². The fourth-order valence-corrected chi connectivity index (χ4v) is 1.25. The molecule has 4 heteroatoms.